The topological polar surface area (TPSA) is 37.4 Å². The number of carbonyl (C=O) groups is 2. The first-order valence-electron chi connectivity index (χ1n) is 7.31. The highest BCUT2D eigenvalue weighted by atomic mass is 32.2. The Morgan fingerprint density at radius 3 is 2.18 bits per heavy atom. The molecule has 0 saturated heterocycles. The molecule has 0 saturated carbocycles. The lowest BCUT2D eigenvalue weighted by Gasteiger charge is -2.23. The highest BCUT2D eigenvalue weighted by Gasteiger charge is 2.29. The minimum absolute atomic E-state index is 0.0532. The number of thioether (sulfide) groups is 1. The van der Waals surface area contributed by atoms with Crippen LogP contribution in [0.5, 0.6) is 0 Å². The van der Waals surface area contributed by atoms with Gasteiger partial charge in [0, 0.05) is 41.1 Å². The Labute approximate surface area is 140 Å². The van der Waals surface area contributed by atoms with E-state index in [4.69, 9.17) is 12.2 Å². The van der Waals surface area contributed by atoms with Crippen LogP contribution in [0.4, 0.5) is 0 Å². The zero-order chi connectivity index (χ0) is 16.3. The molecule has 1 aliphatic carbocycles. The summed E-state index contributed by atoms with van der Waals surface area (Å²) in [6.07, 6.45) is 0. The Kier molecular flexibility index (Phi) is 5.53. The van der Waals surface area contributed by atoms with Crippen LogP contribution in [0.2, 0.25) is 0 Å². The van der Waals surface area contributed by atoms with Gasteiger partial charge in [0.1, 0.15) is 4.32 Å². The van der Waals surface area contributed by atoms with Gasteiger partial charge in [0.15, 0.2) is 11.6 Å². The van der Waals surface area contributed by atoms with E-state index < -0.39 is 0 Å². The minimum Gasteiger partial charge on any atom is -0.358 e. The van der Waals surface area contributed by atoms with Crippen LogP contribution in [0.15, 0.2) is 35.4 Å². The Bertz CT molecular complexity index is 660. The molecule has 0 amide bonds. The summed E-state index contributed by atoms with van der Waals surface area (Å²) in [5, 5.41) is 0. The first-order chi connectivity index (χ1) is 10.5. The summed E-state index contributed by atoms with van der Waals surface area (Å²) >= 11 is 6.85. The molecule has 22 heavy (non-hydrogen) atoms. The number of hydrogen-bond acceptors (Lipinski definition) is 4. The van der Waals surface area contributed by atoms with Crippen molar-refractivity contribution >= 4 is 39.9 Å². The van der Waals surface area contributed by atoms with Gasteiger partial charge >= 0.3 is 0 Å². The Balaban J connectivity index is 2.21. The van der Waals surface area contributed by atoms with E-state index >= 15 is 0 Å². The van der Waals surface area contributed by atoms with Gasteiger partial charge in [-0.25, -0.2) is 0 Å². The molecule has 116 valence electrons. The van der Waals surface area contributed by atoms with Crippen molar-refractivity contribution in [3.63, 3.8) is 0 Å². The van der Waals surface area contributed by atoms with Gasteiger partial charge in [0.2, 0.25) is 0 Å². The molecular weight excluding hydrogens is 314 g/mol. The second kappa shape index (κ2) is 7.20. The maximum absolute atomic E-state index is 12.6. The van der Waals surface area contributed by atoms with Crippen LogP contribution < -0.4 is 0 Å². The van der Waals surface area contributed by atoms with Gasteiger partial charge in [-0.2, -0.15) is 0 Å². The molecule has 0 unspecified atom stereocenters. The van der Waals surface area contributed by atoms with Crippen LogP contribution in [0.25, 0.3) is 0 Å². The molecule has 0 radical (unpaired) electrons. The number of rotatable bonds is 4. The van der Waals surface area contributed by atoms with E-state index in [-0.39, 0.29) is 11.6 Å². The van der Waals surface area contributed by atoms with Crippen molar-refractivity contribution in [1.82, 2.24) is 4.90 Å². The minimum atomic E-state index is -0.0560. The van der Waals surface area contributed by atoms with Crippen LogP contribution in [0, 0.1) is 0 Å². The molecule has 0 aromatic heterocycles. The van der Waals surface area contributed by atoms with Crippen molar-refractivity contribution in [3.8, 4) is 0 Å². The van der Waals surface area contributed by atoms with Gasteiger partial charge < -0.3 is 4.90 Å². The lowest BCUT2D eigenvalue weighted by Crippen LogP contribution is -2.28. The first kappa shape index (κ1) is 16.9. The molecular formula is C17H19NO2S2. The monoisotopic (exact) mass is 333 g/mol. The van der Waals surface area contributed by atoms with Gasteiger partial charge in [0.05, 0.1) is 0 Å². The number of Topliss-reactive ketones (excluding diaryl/α,β-unsaturated/α-hetero) is 2. The normalized spacial score (nSPS) is 14.1. The van der Waals surface area contributed by atoms with Gasteiger partial charge in [-0.15, -0.1) is 0 Å². The summed E-state index contributed by atoms with van der Waals surface area (Å²) in [7, 11) is 0. The van der Waals surface area contributed by atoms with Crippen molar-refractivity contribution in [3.05, 3.63) is 46.5 Å². The van der Waals surface area contributed by atoms with Gasteiger partial charge in [-0.05, 0) is 20.8 Å². The van der Waals surface area contributed by atoms with E-state index in [0.717, 1.165) is 17.4 Å². The van der Waals surface area contributed by atoms with Crippen molar-refractivity contribution in [2.75, 3.05) is 18.8 Å². The Morgan fingerprint density at radius 2 is 1.64 bits per heavy atom. The Hall–Kier alpha value is -1.46. The van der Waals surface area contributed by atoms with E-state index in [0.29, 0.717) is 28.0 Å². The smallest absolute Gasteiger partial charge is 0.191 e. The molecule has 2 rings (SSSR count). The first-order valence-corrected chi connectivity index (χ1v) is 8.70. The molecule has 0 bridgehead atoms. The summed E-state index contributed by atoms with van der Waals surface area (Å²) in [4.78, 5) is 27.1. The van der Waals surface area contributed by atoms with Crippen LogP contribution in [0.1, 0.15) is 41.5 Å². The standard InChI is InChI=1S/C17H19NO2S2/c1-4-18(5-2)17(21)22-10-14-11(3)15(19)12-8-6-7-9-13(12)16(14)20/h6-9H,4-5,10H2,1-3H3. The number of nitrogens with zero attached hydrogens (tertiary/aromatic N) is 1. The van der Waals surface area contributed by atoms with E-state index in [2.05, 4.69) is 4.90 Å². The summed E-state index contributed by atoms with van der Waals surface area (Å²) < 4.78 is 0.768. The summed E-state index contributed by atoms with van der Waals surface area (Å²) in [6, 6.07) is 7.00. The number of thiocarbonyl (C=S) groups is 1. The van der Waals surface area contributed by atoms with Gasteiger partial charge in [-0.3, -0.25) is 9.59 Å². The molecule has 3 nitrogen and oxygen atoms in total. The third kappa shape index (κ3) is 3.15. The molecule has 5 heteroatoms. The highest BCUT2D eigenvalue weighted by Crippen LogP contribution is 2.28. The van der Waals surface area contributed by atoms with Crippen molar-refractivity contribution in [2.24, 2.45) is 0 Å². The zero-order valence-electron chi connectivity index (χ0n) is 13.0. The number of fused-ring (bicyclic) bond motifs is 1. The molecule has 0 spiro atoms. The fourth-order valence-electron chi connectivity index (χ4n) is 2.43. The average molecular weight is 333 g/mol. The van der Waals surface area contributed by atoms with Crippen molar-refractivity contribution < 1.29 is 9.59 Å². The predicted octanol–water partition coefficient (Wildman–Crippen LogP) is 3.74. The van der Waals surface area contributed by atoms with Crippen LogP contribution >= 0.6 is 24.0 Å². The molecule has 0 aliphatic heterocycles. The third-order valence-corrected chi connectivity index (χ3v) is 5.40. The quantitative estimate of drug-likeness (QED) is 0.785. The second-order valence-corrected chi connectivity index (χ2v) is 6.64. The fraction of sp³-hybridized carbons (Fsp3) is 0.353. The number of benzene rings is 1. The zero-order valence-corrected chi connectivity index (χ0v) is 14.6. The third-order valence-electron chi connectivity index (χ3n) is 3.85. The van der Waals surface area contributed by atoms with E-state index in [1.54, 1.807) is 31.2 Å². The fourth-order valence-corrected chi connectivity index (χ4v) is 3.92. The SMILES string of the molecule is CCN(CC)C(=S)SCC1=C(C)C(=O)c2ccccc2C1=O. The lowest BCUT2D eigenvalue weighted by atomic mass is 9.85. The van der Waals surface area contributed by atoms with Crippen LogP contribution in [-0.2, 0) is 0 Å². The number of allylic oxidation sites excluding steroid dienone is 1. The Morgan fingerprint density at radius 1 is 1.09 bits per heavy atom. The number of carbonyl (C=O) groups excluding carboxylic acids is 2. The maximum Gasteiger partial charge on any atom is 0.191 e. The summed E-state index contributed by atoms with van der Waals surface area (Å²) in [5.74, 6) is 0.335. The predicted molar refractivity (Wildman–Crippen MR) is 95.8 cm³/mol. The van der Waals surface area contributed by atoms with Crippen molar-refractivity contribution in [2.45, 2.75) is 20.8 Å². The lowest BCUT2D eigenvalue weighted by molar-refractivity contribution is 0.0975. The number of ketones is 2. The van der Waals surface area contributed by atoms with Crippen LogP contribution in [0.3, 0.4) is 0 Å². The van der Waals surface area contributed by atoms with E-state index in [1.807, 2.05) is 13.8 Å². The molecule has 0 atom stereocenters. The van der Waals surface area contributed by atoms with E-state index in [1.165, 1.54) is 11.8 Å². The van der Waals surface area contributed by atoms with Crippen LogP contribution in [-0.4, -0.2) is 39.6 Å². The molecule has 1 aliphatic rings. The molecule has 0 heterocycles. The largest absolute Gasteiger partial charge is 0.358 e. The summed E-state index contributed by atoms with van der Waals surface area (Å²) in [6.45, 7) is 7.51. The number of hydrogen-bond donors (Lipinski definition) is 0. The molecule has 0 N–H and O–H groups in total. The molecule has 1 aromatic rings. The second-order valence-electron chi connectivity index (χ2n) is 5.03. The van der Waals surface area contributed by atoms with Crippen molar-refractivity contribution in [1.29, 1.82) is 0 Å². The van der Waals surface area contributed by atoms with Gasteiger partial charge in [0.25, 0.3) is 0 Å². The maximum atomic E-state index is 12.6. The summed E-state index contributed by atoms with van der Waals surface area (Å²) in [5.41, 5.74) is 2.12. The molecule has 0 fully saturated rings. The average Bonchev–Trinajstić information content (AvgIpc) is 2.54. The highest BCUT2D eigenvalue weighted by molar-refractivity contribution is 8.23. The molecule has 1 aromatic carbocycles. The van der Waals surface area contributed by atoms with Gasteiger partial charge in [-0.1, -0.05) is 48.2 Å². The van der Waals surface area contributed by atoms with E-state index in [9.17, 15) is 9.59 Å².